The van der Waals surface area contributed by atoms with Crippen LogP contribution in [0.3, 0.4) is 0 Å². The molecule has 3 heterocycles. The van der Waals surface area contributed by atoms with Gasteiger partial charge in [0.2, 0.25) is 0 Å². The van der Waals surface area contributed by atoms with Crippen LogP contribution >= 0.6 is 0 Å². The summed E-state index contributed by atoms with van der Waals surface area (Å²) in [6.45, 7) is 42.5. The monoisotopic (exact) mass is 1230 g/mol. The van der Waals surface area contributed by atoms with Gasteiger partial charge in [-0.25, -0.2) is 0 Å². The lowest BCUT2D eigenvalue weighted by Crippen LogP contribution is -2.61. The number of benzene rings is 11. The minimum absolute atomic E-state index is 0.0560. The molecule has 0 radical (unpaired) electrons. The van der Waals surface area contributed by atoms with Gasteiger partial charge in [-0.05, 0) is 200 Å². The predicted octanol–water partition coefficient (Wildman–Crippen LogP) is 23.3. The third-order valence-electron chi connectivity index (χ3n) is 20.2. The van der Waals surface area contributed by atoms with Gasteiger partial charge in [0.05, 0.1) is 16.7 Å². The van der Waals surface area contributed by atoms with Crippen LogP contribution in [0.4, 0.5) is 34.1 Å². The van der Waals surface area contributed by atoms with Crippen molar-refractivity contribution in [1.82, 2.24) is 4.57 Å². The molecule has 2 aliphatic rings. The van der Waals surface area contributed by atoms with Crippen molar-refractivity contribution in [3.05, 3.63) is 264 Å². The molecule has 2 aliphatic heterocycles. The van der Waals surface area contributed by atoms with E-state index in [9.17, 15) is 0 Å². The Morgan fingerprint density at radius 3 is 0.894 bits per heavy atom. The van der Waals surface area contributed by atoms with Gasteiger partial charge in [-0.15, -0.1) is 0 Å². The molecule has 0 N–H and O–H groups in total. The van der Waals surface area contributed by atoms with Gasteiger partial charge in [0.25, 0.3) is 6.71 Å². The Kier molecular flexibility index (Phi) is 14.8. The summed E-state index contributed by atoms with van der Waals surface area (Å²) < 4.78 is 2.60. The first-order valence-corrected chi connectivity index (χ1v) is 34.2. The molecule has 0 aliphatic carbocycles. The van der Waals surface area contributed by atoms with Gasteiger partial charge in [-0.1, -0.05) is 282 Å². The van der Waals surface area contributed by atoms with Crippen molar-refractivity contribution >= 4 is 79.0 Å². The summed E-state index contributed by atoms with van der Waals surface area (Å²) in [6, 6.07) is 89.3. The zero-order chi connectivity index (χ0) is 66.3. The third-order valence-corrected chi connectivity index (χ3v) is 20.2. The van der Waals surface area contributed by atoms with E-state index in [4.69, 9.17) is 0 Å². The van der Waals surface area contributed by atoms with Crippen LogP contribution in [0.25, 0.3) is 72.0 Å². The van der Waals surface area contributed by atoms with Gasteiger partial charge in [0, 0.05) is 44.9 Å². The molecule has 0 bridgehead atoms. The van der Waals surface area contributed by atoms with Crippen LogP contribution in [-0.4, -0.2) is 11.3 Å². The van der Waals surface area contributed by atoms with Crippen molar-refractivity contribution in [2.24, 2.45) is 0 Å². The molecule has 4 heteroatoms. The lowest BCUT2D eigenvalue weighted by molar-refractivity contribution is 0.590. The molecule has 11 aromatic carbocycles. The number of fused-ring (bicyclic) bond motifs is 7. The summed E-state index contributed by atoms with van der Waals surface area (Å²) in [6.07, 6.45) is 0. The molecule has 0 unspecified atom stereocenters. The van der Waals surface area contributed by atoms with E-state index in [0.29, 0.717) is 0 Å². The normalized spacial score (nSPS) is 13.6. The summed E-state index contributed by atoms with van der Waals surface area (Å²) in [7, 11) is 0. The van der Waals surface area contributed by atoms with Gasteiger partial charge in [-0.2, -0.15) is 0 Å². The molecule has 0 saturated carbocycles. The Balaban J connectivity index is 1.20. The minimum Gasteiger partial charge on any atom is -0.311 e. The van der Waals surface area contributed by atoms with Crippen molar-refractivity contribution < 1.29 is 0 Å². The highest BCUT2D eigenvalue weighted by molar-refractivity contribution is 7.00. The van der Waals surface area contributed by atoms with E-state index in [1.165, 1.54) is 139 Å². The Labute approximate surface area is 561 Å². The van der Waals surface area contributed by atoms with E-state index in [0.717, 1.165) is 17.1 Å². The Hall–Kier alpha value is -9.12. The second kappa shape index (κ2) is 22.3. The molecule has 0 amide bonds. The average molecular weight is 1230 g/mol. The number of aromatic nitrogens is 1. The molecule has 14 rings (SSSR count). The van der Waals surface area contributed by atoms with Crippen LogP contribution in [0.2, 0.25) is 0 Å². The zero-order valence-electron chi connectivity index (χ0n) is 58.9. The van der Waals surface area contributed by atoms with Gasteiger partial charge >= 0.3 is 0 Å². The minimum atomic E-state index is -0.228. The maximum atomic E-state index is 2.69. The summed E-state index contributed by atoms with van der Waals surface area (Å²) in [5.74, 6) is 0. The highest BCUT2D eigenvalue weighted by atomic mass is 15.2. The Bertz CT molecular complexity index is 4620. The number of rotatable bonds is 7. The molecular formula is C90H92BN3. The van der Waals surface area contributed by atoms with Crippen LogP contribution in [0.15, 0.2) is 231 Å². The lowest BCUT2D eigenvalue weighted by atomic mass is 9.33. The number of hydrogen-bond acceptors (Lipinski definition) is 2. The lowest BCUT2D eigenvalue weighted by Gasteiger charge is -2.46. The first-order valence-electron chi connectivity index (χ1n) is 34.2. The smallest absolute Gasteiger partial charge is 0.252 e. The molecule has 0 fully saturated rings. The van der Waals surface area contributed by atoms with Crippen molar-refractivity contribution in [2.75, 3.05) is 9.80 Å². The number of anilines is 6. The second-order valence-corrected chi connectivity index (χ2v) is 33.1. The standard InChI is InChI=1S/C90H92BN3/c1-85(2,3)61-39-45-78-70(47-61)71-48-62(86(4,5)6)40-46-79(71)94(78)65-51-82-84-83(52-65)93(64-42-44-67(58-33-25-20-26-34-58)73(50-64)88(10,11)12)81-56-75(90(16,17)18)69(60-37-29-22-30-38-60)54-77(81)91(84)76-53-68(59-35-27-21-28-36-59)74(89(13,14)15)55-80(76)92(82)63-41-43-66(57-31-23-19-24-32-57)72(49-63)87(7,8)9/h19-56H,1-18H3. The number of nitrogens with zero attached hydrogens (tertiary/aromatic N) is 3. The quantitative estimate of drug-likeness (QED) is 0.147. The van der Waals surface area contributed by atoms with E-state index < -0.39 is 0 Å². The molecular weight excluding hydrogens is 1130 g/mol. The van der Waals surface area contributed by atoms with Crippen molar-refractivity contribution in [2.45, 2.75) is 157 Å². The summed E-state index contributed by atoms with van der Waals surface area (Å²) in [4.78, 5) is 5.38. The molecule has 0 saturated heterocycles. The van der Waals surface area contributed by atoms with Crippen LogP contribution in [0, 0.1) is 0 Å². The van der Waals surface area contributed by atoms with Crippen molar-refractivity contribution in [3.63, 3.8) is 0 Å². The molecule has 1 aromatic heterocycles. The predicted molar refractivity (Wildman–Crippen MR) is 409 cm³/mol. The van der Waals surface area contributed by atoms with Crippen LogP contribution in [0.5, 0.6) is 0 Å². The highest BCUT2D eigenvalue weighted by Gasteiger charge is 2.46. The zero-order valence-corrected chi connectivity index (χ0v) is 58.9. The maximum Gasteiger partial charge on any atom is 0.252 e. The molecule has 94 heavy (non-hydrogen) atoms. The van der Waals surface area contributed by atoms with E-state index in [2.05, 4.69) is 370 Å². The fourth-order valence-corrected chi connectivity index (χ4v) is 15.3. The molecule has 0 spiro atoms. The summed E-state index contributed by atoms with van der Waals surface area (Å²) in [5.41, 5.74) is 31.2. The van der Waals surface area contributed by atoms with Gasteiger partial charge in [0.15, 0.2) is 0 Å². The summed E-state index contributed by atoms with van der Waals surface area (Å²) >= 11 is 0. The van der Waals surface area contributed by atoms with Gasteiger partial charge in [0.1, 0.15) is 0 Å². The van der Waals surface area contributed by atoms with E-state index in [1.54, 1.807) is 0 Å². The first kappa shape index (κ1) is 62.3. The molecule has 0 atom stereocenters. The van der Waals surface area contributed by atoms with Crippen LogP contribution in [0.1, 0.15) is 158 Å². The molecule has 3 nitrogen and oxygen atoms in total. The molecule has 12 aromatic rings. The first-order chi connectivity index (χ1) is 44.4. The maximum absolute atomic E-state index is 2.69. The third kappa shape index (κ3) is 10.8. The Morgan fingerprint density at radius 1 is 0.255 bits per heavy atom. The highest BCUT2D eigenvalue weighted by Crippen LogP contribution is 2.52. The second-order valence-electron chi connectivity index (χ2n) is 33.1. The van der Waals surface area contributed by atoms with Crippen molar-refractivity contribution in [1.29, 1.82) is 0 Å². The fourth-order valence-electron chi connectivity index (χ4n) is 15.3. The van der Waals surface area contributed by atoms with Gasteiger partial charge in [-0.3, -0.25) is 0 Å². The van der Waals surface area contributed by atoms with Crippen LogP contribution < -0.4 is 26.2 Å². The van der Waals surface area contributed by atoms with E-state index >= 15 is 0 Å². The Morgan fingerprint density at radius 2 is 0.574 bits per heavy atom. The largest absolute Gasteiger partial charge is 0.311 e. The average Bonchev–Trinajstić information content (AvgIpc) is 0.779. The topological polar surface area (TPSA) is 11.4 Å². The molecule has 470 valence electrons. The van der Waals surface area contributed by atoms with E-state index in [1.807, 2.05) is 0 Å². The van der Waals surface area contributed by atoms with E-state index in [-0.39, 0.29) is 39.2 Å². The number of hydrogen-bond donors (Lipinski definition) is 0. The fraction of sp³-hybridized carbons (Fsp3) is 0.267. The van der Waals surface area contributed by atoms with Gasteiger partial charge < -0.3 is 14.4 Å². The summed E-state index contributed by atoms with van der Waals surface area (Å²) in [5, 5.41) is 2.54. The van der Waals surface area contributed by atoms with Crippen LogP contribution in [-0.2, 0) is 32.5 Å². The van der Waals surface area contributed by atoms with Crippen molar-refractivity contribution in [3.8, 4) is 50.2 Å². The SMILES string of the molecule is CC(C)(C)c1ccc2c(c1)c1cc(C(C)(C)C)ccc1n2-c1cc2c3c(c1)N(c1ccc(-c4ccccc4)c(C(C)(C)C)c1)c1cc(C(C)(C)C)c(-c4ccccc4)cc1B3c1cc(-c3ccccc3)c(C(C)(C)C)cc1N2c1ccc(-c2ccccc2)c(C(C)(C)C)c1.